The molecule has 0 spiro atoms. The molecule has 78 valence electrons. The first-order chi connectivity index (χ1) is 6.26. The SMILES string of the molecule is C=CC(Br)[SiH](CCCC)CCCC. The van der Waals surface area contributed by atoms with Gasteiger partial charge in [0.05, 0.1) is 8.80 Å². The van der Waals surface area contributed by atoms with Gasteiger partial charge in [-0.3, -0.25) is 0 Å². The molecule has 0 heterocycles. The van der Waals surface area contributed by atoms with Gasteiger partial charge in [-0.15, -0.1) is 6.58 Å². The van der Waals surface area contributed by atoms with Crippen molar-refractivity contribution in [2.45, 2.75) is 56.1 Å². The number of allylic oxidation sites excluding steroid dienone is 1. The highest BCUT2D eigenvalue weighted by Gasteiger charge is 2.16. The number of rotatable bonds is 8. The lowest BCUT2D eigenvalue weighted by Crippen LogP contribution is -2.23. The molecule has 0 rings (SSSR count). The number of hydrogen-bond donors (Lipinski definition) is 0. The summed E-state index contributed by atoms with van der Waals surface area (Å²) in [7, 11) is -0.565. The van der Waals surface area contributed by atoms with E-state index in [-0.39, 0.29) is 0 Å². The minimum atomic E-state index is -0.565. The molecule has 0 saturated carbocycles. The molecular formula is C11H23BrSi. The summed E-state index contributed by atoms with van der Waals surface area (Å²) >= 11 is 3.75. The van der Waals surface area contributed by atoms with Crippen LogP contribution in [-0.2, 0) is 0 Å². The second-order valence-electron chi connectivity index (χ2n) is 3.72. The van der Waals surface area contributed by atoms with Crippen molar-refractivity contribution in [2.24, 2.45) is 0 Å². The molecule has 0 fully saturated rings. The highest BCUT2D eigenvalue weighted by Crippen LogP contribution is 2.18. The van der Waals surface area contributed by atoms with Gasteiger partial charge in [-0.25, -0.2) is 0 Å². The van der Waals surface area contributed by atoms with Gasteiger partial charge >= 0.3 is 0 Å². The second-order valence-corrected chi connectivity index (χ2v) is 9.15. The molecule has 0 aromatic heterocycles. The van der Waals surface area contributed by atoms with Crippen LogP contribution in [0.25, 0.3) is 0 Å². The van der Waals surface area contributed by atoms with Gasteiger partial charge in [0, 0.05) is 4.45 Å². The van der Waals surface area contributed by atoms with Crippen molar-refractivity contribution < 1.29 is 0 Å². The van der Waals surface area contributed by atoms with Crippen LogP contribution in [0.4, 0.5) is 0 Å². The van der Waals surface area contributed by atoms with Crippen LogP contribution in [0.5, 0.6) is 0 Å². The first-order valence-electron chi connectivity index (χ1n) is 5.52. The van der Waals surface area contributed by atoms with Crippen molar-refractivity contribution in [3.63, 3.8) is 0 Å². The maximum Gasteiger partial charge on any atom is 0.0574 e. The number of alkyl halides is 1. The second kappa shape index (κ2) is 9.01. The zero-order valence-corrected chi connectivity index (χ0v) is 11.8. The summed E-state index contributed by atoms with van der Waals surface area (Å²) in [6.07, 6.45) is 7.61. The molecule has 2 heteroatoms. The molecule has 0 aromatic carbocycles. The van der Waals surface area contributed by atoms with Crippen LogP contribution in [0, 0.1) is 0 Å². The Morgan fingerprint density at radius 1 is 1.23 bits per heavy atom. The van der Waals surface area contributed by atoms with Crippen LogP contribution < -0.4 is 0 Å². The normalized spacial score (nSPS) is 13.2. The highest BCUT2D eigenvalue weighted by atomic mass is 79.9. The van der Waals surface area contributed by atoms with Crippen LogP contribution in [0.2, 0.25) is 12.1 Å². The van der Waals surface area contributed by atoms with Gasteiger partial charge < -0.3 is 0 Å². The van der Waals surface area contributed by atoms with E-state index in [1.165, 1.54) is 37.8 Å². The highest BCUT2D eigenvalue weighted by molar-refractivity contribution is 9.10. The molecular weight excluding hydrogens is 240 g/mol. The Balaban J connectivity index is 3.79. The molecule has 0 bridgehead atoms. The Bertz CT molecular complexity index is 117. The lowest BCUT2D eigenvalue weighted by molar-refractivity contribution is 0.839. The largest absolute Gasteiger partial charge is 0.102 e. The van der Waals surface area contributed by atoms with E-state index in [9.17, 15) is 0 Å². The number of hydrogen-bond acceptors (Lipinski definition) is 0. The maximum absolute atomic E-state index is 3.89. The Hall–Kier alpha value is 0.437. The smallest absolute Gasteiger partial charge is 0.0574 e. The third-order valence-corrected chi connectivity index (χ3v) is 8.62. The first kappa shape index (κ1) is 13.4. The molecule has 0 nitrogen and oxygen atoms in total. The van der Waals surface area contributed by atoms with Crippen LogP contribution >= 0.6 is 15.9 Å². The molecule has 0 amide bonds. The summed E-state index contributed by atoms with van der Waals surface area (Å²) < 4.78 is 0.658. The molecule has 0 N–H and O–H groups in total. The van der Waals surface area contributed by atoms with Gasteiger partial charge in [0.1, 0.15) is 0 Å². The van der Waals surface area contributed by atoms with Crippen molar-refractivity contribution in [3.8, 4) is 0 Å². The Morgan fingerprint density at radius 2 is 1.69 bits per heavy atom. The van der Waals surface area contributed by atoms with Crippen LogP contribution in [-0.4, -0.2) is 13.2 Å². The molecule has 0 aliphatic carbocycles. The van der Waals surface area contributed by atoms with Crippen LogP contribution in [0.15, 0.2) is 12.7 Å². The molecule has 0 saturated heterocycles. The van der Waals surface area contributed by atoms with E-state index < -0.39 is 8.80 Å². The Labute approximate surface area is 93.5 Å². The lowest BCUT2D eigenvalue weighted by atomic mass is 10.4. The predicted octanol–water partition coefficient (Wildman–Crippen LogP) is 4.30. The summed E-state index contributed by atoms with van der Waals surface area (Å²) in [4.78, 5) is 0. The monoisotopic (exact) mass is 262 g/mol. The standard InChI is InChI=1S/C11H23BrSi/c1-4-7-9-13(10-8-5-2)11(12)6-3/h6,11,13H,3-5,7-10H2,1-2H3. The zero-order chi connectivity index (χ0) is 10.1. The van der Waals surface area contributed by atoms with Gasteiger partial charge in [0.2, 0.25) is 0 Å². The van der Waals surface area contributed by atoms with Crippen molar-refractivity contribution in [3.05, 3.63) is 12.7 Å². The topological polar surface area (TPSA) is 0 Å². The minimum absolute atomic E-state index is 0.565. The van der Waals surface area contributed by atoms with E-state index in [0.717, 1.165) is 0 Å². The Morgan fingerprint density at radius 3 is 2.00 bits per heavy atom. The van der Waals surface area contributed by atoms with Gasteiger partial charge in [0.25, 0.3) is 0 Å². The maximum atomic E-state index is 3.89. The predicted molar refractivity (Wildman–Crippen MR) is 69.5 cm³/mol. The van der Waals surface area contributed by atoms with E-state index in [1.54, 1.807) is 0 Å². The third-order valence-electron chi connectivity index (χ3n) is 2.53. The summed E-state index contributed by atoms with van der Waals surface area (Å²) in [5.41, 5.74) is 0. The lowest BCUT2D eigenvalue weighted by Gasteiger charge is -2.17. The quantitative estimate of drug-likeness (QED) is 0.348. The number of halogens is 1. The molecule has 0 aromatic rings. The van der Waals surface area contributed by atoms with Crippen LogP contribution in [0.3, 0.4) is 0 Å². The summed E-state index contributed by atoms with van der Waals surface area (Å²) in [6.45, 7) is 8.45. The summed E-state index contributed by atoms with van der Waals surface area (Å²) in [5, 5.41) is 0. The molecule has 1 unspecified atom stereocenters. The van der Waals surface area contributed by atoms with Gasteiger partial charge in [-0.1, -0.05) is 73.6 Å². The molecule has 0 aliphatic rings. The molecule has 1 atom stereocenters. The van der Waals surface area contributed by atoms with Crippen molar-refractivity contribution in [1.82, 2.24) is 0 Å². The summed E-state index contributed by atoms with van der Waals surface area (Å²) in [5.74, 6) is 0. The van der Waals surface area contributed by atoms with Crippen molar-refractivity contribution >= 4 is 24.7 Å². The van der Waals surface area contributed by atoms with E-state index in [0.29, 0.717) is 4.45 Å². The van der Waals surface area contributed by atoms with E-state index in [2.05, 4.69) is 42.4 Å². The fourth-order valence-corrected chi connectivity index (χ4v) is 6.35. The first-order valence-corrected chi connectivity index (χ1v) is 8.74. The average molecular weight is 263 g/mol. The van der Waals surface area contributed by atoms with Crippen molar-refractivity contribution in [2.75, 3.05) is 0 Å². The zero-order valence-electron chi connectivity index (χ0n) is 9.06. The van der Waals surface area contributed by atoms with Crippen LogP contribution in [0.1, 0.15) is 39.5 Å². The molecule has 0 aliphatic heterocycles. The number of unbranched alkanes of at least 4 members (excludes halogenated alkanes) is 2. The van der Waals surface area contributed by atoms with Gasteiger partial charge in [-0.05, 0) is 0 Å². The van der Waals surface area contributed by atoms with E-state index in [4.69, 9.17) is 0 Å². The van der Waals surface area contributed by atoms with E-state index in [1.807, 2.05) is 0 Å². The van der Waals surface area contributed by atoms with Gasteiger partial charge in [0.15, 0.2) is 0 Å². The third kappa shape index (κ3) is 6.50. The average Bonchev–Trinajstić information content (AvgIpc) is 2.17. The molecule has 0 radical (unpaired) electrons. The molecule has 13 heavy (non-hydrogen) atoms. The Kier molecular flexibility index (Phi) is 9.31. The van der Waals surface area contributed by atoms with Crippen molar-refractivity contribution in [1.29, 1.82) is 0 Å². The van der Waals surface area contributed by atoms with Gasteiger partial charge in [-0.2, -0.15) is 0 Å². The fourth-order valence-electron chi connectivity index (χ4n) is 1.59. The summed E-state index contributed by atoms with van der Waals surface area (Å²) in [6, 6.07) is 2.97. The van der Waals surface area contributed by atoms with E-state index >= 15 is 0 Å². The fraction of sp³-hybridized carbons (Fsp3) is 0.818. The minimum Gasteiger partial charge on any atom is -0.102 e.